The molecule has 0 amide bonds. The number of hydrogen-bond donors (Lipinski definition) is 1. The Morgan fingerprint density at radius 3 is 2.05 bits per heavy atom. The molecule has 116 valence electrons. The van der Waals surface area contributed by atoms with Gasteiger partial charge in [0.1, 0.15) is 0 Å². The Morgan fingerprint density at radius 2 is 1.50 bits per heavy atom. The van der Waals surface area contributed by atoms with Crippen molar-refractivity contribution in [3.8, 4) is 0 Å². The first-order chi connectivity index (χ1) is 10.5. The van der Waals surface area contributed by atoms with Crippen molar-refractivity contribution in [2.45, 2.75) is 38.5 Å². The van der Waals surface area contributed by atoms with E-state index in [0.29, 0.717) is 0 Å². The van der Waals surface area contributed by atoms with Gasteiger partial charge >= 0.3 is 0 Å². The average Bonchev–Trinajstić information content (AvgIpc) is 2.46. The van der Waals surface area contributed by atoms with E-state index >= 15 is 0 Å². The average molecular weight is 295 g/mol. The van der Waals surface area contributed by atoms with Crippen molar-refractivity contribution in [2.75, 3.05) is 6.54 Å². The topological polar surface area (TPSA) is 23.5 Å². The molecule has 0 aliphatic carbocycles. The van der Waals surface area contributed by atoms with E-state index < -0.39 is 6.10 Å². The van der Waals surface area contributed by atoms with Crippen LogP contribution < -0.4 is 0 Å². The monoisotopic (exact) mass is 295 g/mol. The molecule has 1 aliphatic rings. The zero-order valence-corrected chi connectivity index (χ0v) is 13.6. The van der Waals surface area contributed by atoms with E-state index in [1.54, 1.807) is 0 Å². The van der Waals surface area contributed by atoms with Crippen molar-refractivity contribution in [1.82, 2.24) is 4.90 Å². The number of aliphatic hydroxyl groups excluding tert-OH is 1. The minimum atomic E-state index is -0.412. The van der Waals surface area contributed by atoms with Gasteiger partial charge in [-0.3, -0.25) is 4.90 Å². The van der Waals surface area contributed by atoms with E-state index in [1.165, 1.54) is 5.56 Å². The van der Waals surface area contributed by atoms with Crippen LogP contribution in [0.4, 0.5) is 0 Å². The highest BCUT2D eigenvalue weighted by Gasteiger charge is 2.48. The lowest BCUT2D eigenvalue weighted by molar-refractivity contribution is -0.108. The van der Waals surface area contributed by atoms with Gasteiger partial charge in [0.25, 0.3) is 0 Å². The molecule has 1 saturated heterocycles. The molecule has 2 heteroatoms. The van der Waals surface area contributed by atoms with Crippen molar-refractivity contribution in [3.63, 3.8) is 0 Å². The van der Waals surface area contributed by atoms with Crippen LogP contribution in [0.25, 0.3) is 0 Å². The zero-order chi connectivity index (χ0) is 15.7. The molecular weight excluding hydrogens is 270 g/mol. The van der Waals surface area contributed by atoms with Crippen molar-refractivity contribution in [1.29, 1.82) is 0 Å². The Balaban J connectivity index is 1.89. The van der Waals surface area contributed by atoms with E-state index in [-0.39, 0.29) is 17.5 Å². The number of aliphatic hydroxyl groups is 1. The minimum absolute atomic E-state index is 0.105. The van der Waals surface area contributed by atoms with E-state index in [2.05, 4.69) is 49.9 Å². The van der Waals surface area contributed by atoms with Crippen LogP contribution in [-0.4, -0.2) is 22.1 Å². The van der Waals surface area contributed by atoms with Crippen molar-refractivity contribution in [2.24, 2.45) is 5.92 Å². The fraction of sp³-hybridized carbons (Fsp3) is 0.400. The molecule has 0 spiro atoms. The number of likely N-dealkylation sites (tertiary alicyclic amines) is 1. The van der Waals surface area contributed by atoms with E-state index in [9.17, 15) is 5.11 Å². The highest BCUT2D eigenvalue weighted by molar-refractivity contribution is 5.27. The second kappa shape index (κ2) is 5.86. The molecule has 22 heavy (non-hydrogen) atoms. The largest absolute Gasteiger partial charge is 0.388 e. The molecule has 0 saturated carbocycles. The zero-order valence-electron chi connectivity index (χ0n) is 13.6. The molecule has 1 heterocycles. The number of rotatable bonds is 3. The fourth-order valence-electron chi connectivity index (χ4n) is 3.47. The molecular formula is C20H25NO. The van der Waals surface area contributed by atoms with Crippen molar-refractivity contribution >= 4 is 0 Å². The summed E-state index contributed by atoms with van der Waals surface area (Å²) < 4.78 is 0. The molecule has 3 rings (SSSR count). The quantitative estimate of drug-likeness (QED) is 0.917. The van der Waals surface area contributed by atoms with Gasteiger partial charge in [0.2, 0.25) is 0 Å². The predicted octanol–water partition coefficient (Wildman–Crippen LogP) is 4.19. The first kappa shape index (κ1) is 15.3. The van der Waals surface area contributed by atoms with Gasteiger partial charge in [0, 0.05) is 24.0 Å². The van der Waals surface area contributed by atoms with E-state index in [0.717, 1.165) is 12.1 Å². The maximum atomic E-state index is 10.8. The Hall–Kier alpha value is -1.64. The summed E-state index contributed by atoms with van der Waals surface area (Å²) in [5.74, 6) is 0.240. The Kier molecular flexibility index (Phi) is 4.07. The minimum Gasteiger partial charge on any atom is -0.388 e. The summed E-state index contributed by atoms with van der Waals surface area (Å²) in [4.78, 5) is 2.49. The molecule has 0 bridgehead atoms. The molecule has 1 aliphatic heterocycles. The van der Waals surface area contributed by atoms with Gasteiger partial charge in [0.05, 0.1) is 6.10 Å². The Bertz CT molecular complexity index is 603. The SMILES string of the molecule is CC(C)(C)N1C[C@H]([C@H](O)c2ccccc2)[C@@H]1c1ccccc1. The summed E-state index contributed by atoms with van der Waals surface area (Å²) in [6.45, 7) is 7.66. The van der Waals surface area contributed by atoms with Crippen LogP contribution in [0.15, 0.2) is 60.7 Å². The predicted molar refractivity (Wildman–Crippen MR) is 90.5 cm³/mol. The molecule has 2 aromatic rings. The molecule has 1 N–H and O–H groups in total. The molecule has 0 radical (unpaired) electrons. The lowest BCUT2D eigenvalue weighted by Crippen LogP contribution is -2.59. The normalized spacial score (nSPS) is 23.8. The third-order valence-corrected chi connectivity index (χ3v) is 4.70. The summed E-state index contributed by atoms with van der Waals surface area (Å²) in [6.07, 6.45) is -0.412. The molecule has 2 nitrogen and oxygen atoms in total. The number of nitrogens with zero attached hydrogens (tertiary/aromatic N) is 1. The van der Waals surface area contributed by atoms with E-state index in [1.807, 2.05) is 36.4 Å². The van der Waals surface area contributed by atoms with Gasteiger partial charge in [-0.2, -0.15) is 0 Å². The van der Waals surface area contributed by atoms with Gasteiger partial charge in [-0.05, 0) is 31.9 Å². The standard InChI is InChI=1S/C20H25NO/c1-20(2,3)21-14-17(18(21)15-10-6-4-7-11-15)19(22)16-12-8-5-9-13-16/h4-13,17-19,22H,14H2,1-3H3/t17-,18-,19+/m0/s1. The highest BCUT2D eigenvalue weighted by Crippen LogP contribution is 2.48. The number of benzene rings is 2. The lowest BCUT2D eigenvalue weighted by atomic mass is 9.75. The summed E-state index contributed by atoms with van der Waals surface area (Å²) in [5, 5.41) is 10.8. The molecule has 0 aromatic heterocycles. The molecule has 0 unspecified atom stereocenters. The summed E-state index contributed by atoms with van der Waals surface area (Å²) in [7, 11) is 0. The van der Waals surface area contributed by atoms with Gasteiger partial charge in [-0.1, -0.05) is 60.7 Å². The fourth-order valence-corrected chi connectivity index (χ4v) is 3.47. The van der Waals surface area contributed by atoms with Crippen LogP contribution in [0.1, 0.15) is 44.0 Å². The third-order valence-electron chi connectivity index (χ3n) is 4.70. The van der Waals surface area contributed by atoms with Gasteiger partial charge in [-0.25, -0.2) is 0 Å². The second-order valence-electron chi connectivity index (χ2n) is 7.20. The Morgan fingerprint density at radius 1 is 0.955 bits per heavy atom. The highest BCUT2D eigenvalue weighted by atomic mass is 16.3. The Labute approximate surface area is 133 Å². The molecule has 3 atom stereocenters. The van der Waals surface area contributed by atoms with Crippen LogP contribution in [0.3, 0.4) is 0 Å². The molecule has 2 aromatic carbocycles. The lowest BCUT2D eigenvalue weighted by Gasteiger charge is -2.56. The first-order valence-corrected chi connectivity index (χ1v) is 8.03. The van der Waals surface area contributed by atoms with E-state index in [4.69, 9.17) is 0 Å². The second-order valence-corrected chi connectivity index (χ2v) is 7.20. The van der Waals surface area contributed by atoms with Crippen LogP contribution in [-0.2, 0) is 0 Å². The van der Waals surface area contributed by atoms with Gasteiger partial charge in [0.15, 0.2) is 0 Å². The van der Waals surface area contributed by atoms with Crippen LogP contribution >= 0.6 is 0 Å². The van der Waals surface area contributed by atoms with Crippen molar-refractivity contribution in [3.05, 3.63) is 71.8 Å². The van der Waals surface area contributed by atoms with Crippen LogP contribution in [0.5, 0.6) is 0 Å². The van der Waals surface area contributed by atoms with Crippen molar-refractivity contribution < 1.29 is 5.11 Å². The van der Waals surface area contributed by atoms with Crippen LogP contribution in [0, 0.1) is 5.92 Å². The summed E-state index contributed by atoms with van der Waals surface area (Å²) in [6, 6.07) is 20.9. The number of hydrogen-bond acceptors (Lipinski definition) is 2. The first-order valence-electron chi connectivity index (χ1n) is 8.03. The third kappa shape index (κ3) is 2.81. The van der Waals surface area contributed by atoms with Gasteiger partial charge in [-0.15, -0.1) is 0 Å². The van der Waals surface area contributed by atoms with Gasteiger partial charge < -0.3 is 5.11 Å². The summed E-state index contributed by atoms with van der Waals surface area (Å²) in [5.41, 5.74) is 2.42. The summed E-state index contributed by atoms with van der Waals surface area (Å²) >= 11 is 0. The molecule has 1 fully saturated rings. The smallest absolute Gasteiger partial charge is 0.0848 e. The maximum Gasteiger partial charge on any atom is 0.0848 e. The maximum absolute atomic E-state index is 10.8. The van der Waals surface area contributed by atoms with Crippen LogP contribution in [0.2, 0.25) is 0 Å².